The normalized spacial score (nSPS) is 23.9. The van der Waals surface area contributed by atoms with Crippen LogP contribution in [0.3, 0.4) is 0 Å². The van der Waals surface area contributed by atoms with E-state index in [0.717, 1.165) is 59.6 Å². The molecule has 38 heavy (non-hydrogen) atoms. The van der Waals surface area contributed by atoms with Gasteiger partial charge in [-0.15, -0.1) is 0 Å². The Labute approximate surface area is 223 Å². The summed E-state index contributed by atoms with van der Waals surface area (Å²) in [4.78, 5) is 17.1. The zero-order chi connectivity index (χ0) is 25.7. The smallest absolute Gasteiger partial charge is 0.127 e. The van der Waals surface area contributed by atoms with Crippen LogP contribution in [-0.2, 0) is 5.54 Å². The third kappa shape index (κ3) is 4.03. The lowest BCUT2D eigenvalue weighted by Crippen LogP contribution is -2.37. The van der Waals surface area contributed by atoms with Crippen molar-refractivity contribution in [2.45, 2.75) is 63.5 Å². The van der Waals surface area contributed by atoms with Gasteiger partial charge in [-0.2, -0.15) is 0 Å². The zero-order valence-corrected chi connectivity index (χ0v) is 22.3. The van der Waals surface area contributed by atoms with Gasteiger partial charge < -0.3 is 20.6 Å². The van der Waals surface area contributed by atoms with E-state index in [-0.39, 0.29) is 5.54 Å². The molecule has 0 bridgehead atoms. The number of hydrogen-bond acceptors (Lipinski definition) is 4. The molecular weight excluding hydrogens is 468 g/mol. The van der Waals surface area contributed by atoms with Gasteiger partial charge in [0.15, 0.2) is 0 Å². The van der Waals surface area contributed by atoms with E-state index in [1.165, 1.54) is 41.5 Å². The highest BCUT2D eigenvalue weighted by Crippen LogP contribution is 2.35. The van der Waals surface area contributed by atoms with E-state index in [0.29, 0.717) is 12.0 Å². The van der Waals surface area contributed by atoms with Gasteiger partial charge in [0.25, 0.3) is 0 Å². The van der Waals surface area contributed by atoms with Crippen LogP contribution in [0.15, 0.2) is 60.7 Å². The molecule has 7 rings (SSSR count). The summed E-state index contributed by atoms with van der Waals surface area (Å²) in [6.45, 7) is 6.68. The number of piperidine rings is 1. The van der Waals surface area contributed by atoms with Gasteiger partial charge in [0.2, 0.25) is 0 Å². The average Bonchev–Trinajstić information content (AvgIpc) is 3.71. The largest absolute Gasteiger partial charge is 0.342 e. The molecule has 4 heterocycles. The predicted octanol–water partition coefficient (Wildman–Crippen LogP) is 6.62. The first kappa shape index (κ1) is 23.6. The number of nitrogens with zero attached hydrogens (tertiary/aromatic N) is 2. The fourth-order valence-electron chi connectivity index (χ4n) is 6.55. The maximum atomic E-state index is 4.96. The number of benzene rings is 3. The first-order valence-electron chi connectivity index (χ1n) is 14.2. The fourth-order valence-corrected chi connectivity index (χ4v) is 6.55. The summed E-state index contributed by atoms with van der Waals surface area (Å²) >= 11 is 0. The number of nitrogens with one attached hydrogen (secondary N) is 4. The number of rotatable bonds is 5. The maximum Gasteiger partial charge on any atom is 0.127 e. The summed E-state index contributed by atoms with van der Waals surface area (Å²) in [6, 6.07) is 22.5. The molecule has 2 aliphatic rings. The van der Waals surface area contributed by atoms with Crippen LogP contribution in [0.4, 0.5) is 0 Å². The van der Waals surface area contributed by atoms with Gasteiger partial charge in [0.05, 0.1) is 27.6 Å². The highest BCUT2D eigenvalue weighted by molar-refractivity contribution is 5.84. The van der Waals surface area contributed by atoms with Gasteiger partial charge in [-0.3, -0.25) is 0 Å². The minimum absolute atomic E-state index is 0.0110. The molecule has 194 valence electrons. The highest BCUT2D eigenvalue weighted by Gasteiger charge is 2.36. The Morgan fingerprint density at radius 3 is 2.08 bits per heavy atom. The summed E-state index contributed by atoms with van der Waals surface area (Å²) in [6.07, 6.45) is 5.78. The van der Waals surface area contributed by atoms with Gasteiger partial charge in [0, 0.05) is 12.0 Å². The molecule has 6 heteroatoms. The second-order valence-electron chi connectivity index (χ2n) is 11.2. The van der Waals surface area contributed by atoms with Crippen molar-refractivity contribution in [3.05, 3.63) is 72.3 Å². The SMILES string of the molecule is CCC1(c2nc3ccc(-c4ccc(-c5ccc6nc(C7CCCNC7C)[nH]c6c5)cc4)cc3[nH]2)CCCN1. The van der Waals surface area contributed by atoms with E-state index >= 15 is 0 Å². The molecule has 3 unspecified atom stereocenters. The van der Waals surface area contributed by atoms with E-state index in [1.807, 2.05) is 0 Å². The summed E-state index contributed by atoms with van der Waals surface area (Å²) in [7, 11) is 0. The molecule has 3 aromatic carbocycles. The number of H-pyrrole nitrogens is 2. The molecule has 2 aromatic heterocycles. The van der Waals surface area contributed by atoms with Crippen LogP contribution >= 0.6 is 0 Å². The number of aromatic nitrogens is 4. The Morgan fingerprint density at radius 1 is 0.789 bits per heavy atom. The molecule has 0 amide bonds. The Kier molecular flexibility index (Phi) is 5.82. The minimum Gasteiger partial charge on any atom is -0.342 e. The molecule has 0 spiro atoms. The van der Waals surface area contributed by atoms with E-state index in [4.69, 9.17) is 9.97 Å². The fraction of sp³-hybridized carbons (Fsp3) is 0.375. The Balaban J connectivity index is 1.15. The van der Waals surface area contributed by atoms with Crippen LogP contribution in [0.5, 0.6) is 0 Å². The first-order valence-corrected chi connectivity index (χ1v) is 14.2. The molecule has 0 aliphatic carbocycles. The Bertz CT molecular complexity index is 1590. The number of aromatic amines is 2. The summed E-state index contributed by atoms with van der Waals surface area (Å²) < 4.78 is 0. The quantitative estimate of drug-likeness (QED) is 0.217. The minimum atomic E-state index is -0.0110. The van der Waals surface area contributed by atoms with E-state index in [9.17, 15) is 0 Å². The molecule has 4 N–H and O–H groups in total. The maximum absolute atomic E-state index is 4.96. The molecule has 0 saturated carbocycles. The van der Waals surface area contributed by atoms with E-state index in [1.54, 1.807) is 0 Å². The lowest BCUT2D eigenvalue weighted by molar-refractivity contribution is 0.357. The molecule has 2 saturated heterocycles. The average molecular weight is 505 g/mol. The van der Waals surface area contributed by atoms with Crippen molar-refractivity contribution in [3.63, 3.8) is 0 Å². The molecule has 2 aliphatic heterocycles. The van der Waals surface area contributed by atoms with Crippen LogP contribution in [0.1, 0.15) is 63.5 Å². The zero-order valence-electron chi connectivity index (χ0n) is 22.3. The molecule has 6 nitrogen and oxygen atoms in total. The van der Waals surface area contributed by atoms with Crippen LogP contribution in [0, 0.1) is 0 Å². The van der Waals surface area contributed by atoms with Crippen LogP contribution in [0.25, 0.3) is 44.3 Å². The molecule has 0 radical (unpaired) electrons. The van der Waals surface area contributed by atoms with Crippen LogP contribution in [0.2, 0.25) is 0 Å². The van der Waals surface area contributed by atoms with Crippen molar-refractivity contribution in [1.82, 2.24) is 30.6 Å². The van der Waals surface area contributed by atoms with Crippen molar-refractivity contribution in [2.75, 3.05) is 13.1 Å². The van der Waals surface area contributed by atoms with Crippen LogP contribution in [-0.4, -0.2) is 39.1 Å². The molecular formula is C32H36N6. The number of imidazole rings is 2. The third-order valence-corrected chi connectivity index (χ3v) is 8.95. The summed E-state index contributed by atoms with van der Waals surface area (Å²) in [5.41, 5.74) is 9.11. The topological polar surface area (TPSA) is 81.4 Å². The van der Waals surface area contributed by atoms with Gasteiger partial charge in [-0.1, -0.05) is 43.3 Å². The predicted molar refractivity (Wildman–Crippen MR) is 155 cm³/mol. The Morgan fingerprint density at radius 2 is 1.45 bits per heavy atom. The van der Waals surface area contributed by atoms with Gasteiger partial charge >= 0.3 is 0 Å². The van der Waals surface area contributed by atoms with Gasteiger partial charge in [-0.05, 0) is 98.6 Å². The van der Waals surface area contributed by atoms with Crippen molar-refractivity contribution in [3.8, 4) is 22.3 Å². The van der Waals surface area contributed by atoms with Gasteiger partial charge in [-0.25, -0.2) is 9.97 Å². The molecule has 2 fully saturated rings. The van der Waals surface area contributed by atoms with Crippen LogP contribution < -0.4 is 10.6 Å². The first-order chi connectivity index (χ1) is 18.6. The van der Waals surface area contributed by atoms with Crippen molar-refractivity contribution >= 4 is 22.1 Å². The van der Waals surface area contributed by atoms with Crippen molar-refractivity contribution < 1.29 is 0 Å². The Hall–Kier alpha value is -3.48. The lowest BCUT2D eigenvalue weighted by atomic mass is 9.91. The number of fused-ring (bicyclic) bond motifs is 2. The molecule has 5 aromatic rings. The lowest BCUT2D eigenvalue weighted by Gasteiger charge is -2.28. The van der Waals surface area contributed by atoms with Crippen molar-refractivity contribution in [2.24, 2.45) is 0 Å². The second-order valence-corrected chi connectivity index (χ2v) is 11.2. The van der Waals surface area contributed by atoms with E-state index in [2.05, 4.69) is 95.1 Å². The van der Waals surface area contributed by atoms with Gasteiger partial charge in [0.1, 0.15) is 11.6 Å². The monoisotopic (exact) mass is 504 g/mol. The standard InChI is InChI=1S/C32H36N6/c1-3-32(15-5-17-34-32)31-37-27-14-12-24(19-29(27)38-31)22-9-7-21(8-10-22)23-11-13-26-28(18-23)36-30(35-26)25-6-4-16-33-20(25)2/h7-14,18-20,25,33-34H,3-6,15-17H2,1-2H3,(H,35,36)(H,37,38). The number of hydrogen-bond donors (Lipinski definition) is 4. The third-order valence-electron chi connectivity index (χ3n) is 8.95. The summed E-state index contributed by atoms with van der Waals surface area (Å²) in [5.74, 6) is 2.63. The molecule has 3 atom stereocenters. The van der Waals surface area contributed by atoms with E-state index < -0.39 is 0 Å². The van der Waals surface area contributed by atoms with Crippen molar-refractivity contribution in [1.29, 1.82) is 0 Å². The highest BCUT2D eigenvalue weighted by atomic mass is 15.1. The second kappa shape index (κ2) is 9.37. The summed E-state index contributed by atoms with van der Waals surface area (Å²) in [5, 5.41) is 7.28.